The predicted molar refractivity (Wildman–Crippen MR) is 49.9 cm³/mol. The molecule has 0 heterocycles. The van der Waals surface area contributed by atoms with E-state index in [2.05, 4.69) is 5.32 Å². The molecule has 1 N–H and O–H groups in total. The molecule has 0 fully saturated rings. The molecule has 1 nitrogen and oxygen atoms in total. The van der Waals surface area contributed by atoms with Crippen LogP contribution >= 0.6 is 0 Å². The lowest BCUT2D eigenvalue weighted by atomic mass is 9.93. The van der Waals surface area contributed by atoms with Crippen LogP contribution < -0.4 is 5.32 Å². The molecule has 0 aromatic carbocycles. The van der Waals surface area contributed by atoms with Gasteiger partial charge in [0.05, 0.1) is 0 Å². The highest BCUT2D eigenvalue weighted by Gasteiger charge is 2.30. The van der Waals surface area contributed by atoms with Crippen molar-refractivity contribution in [2.75, 3.05) is 13.6 Å². The topological polar surface area (TPSA) is 12.0 Å². The number of nitrogens with one attached hydrogen (secondary N) is 1. The van der Waals surface area contributed by atoms with E-state index in [-0.39, 0.29) is 5.57 Å². The average Bonchev–Trinajstić information content (AvgIpc) is 2.04. The minimum absolute atomic E-state index is 0.188. The Bertz CT molecular complexity index is 236. The van der Waals surface area contributed by atoms with Crippen LogP contribution in [0.4, 0.5) is 8.78 Å². The van der Waals surface area contributed by atoms with Gasteiger partial charge < -0.3 is 5.32 Å². The summed E-state index contributed by atoms with van der Waals surface area (Å²) in [6.45, 7) is 1.48. The quantitative estimate of drug-likeness (QED) is 0.715. The number of hydrogen-bond acceptors (Lipinski definition) is 1. The number of likely N-dealkylation sites (N-methyl/N-ethyl adjacent to an activating group) is 1. The van der Waals surface area contributed by atoms with Crippen molar-refractivity contribution < 1.29 is 8.78 Å². The largest absolute Gasteiger partial charge is 0.316 e. The molecule has 0 aromatic heterocycles. The Balaban J connectivity index is 2.81. The Kier molecular flexibility index (Phi) is 3.20. The van der Waals surface area contributed by atoms with Crippen LogP contribution in [0.15, 0.2) is 23.3 Å². The van der Waals surface area contributed by atoms with Gasteiger partial charge in [-0.3, -0.25) is 0 Å². The monoisotopic (exact) mass is 187 g/mol. The van der Waals surface area contributed by atoms with Crippen LogP contribution in [0, 0.1) is 0 Å². The minimum atomic E-state index is -2.71. The Labute approximate surface area is 77.5 Å². The fourth-order valence-electron chi connectivity index (χ4n) is 1.55. The second kappa shape index (κ2) is 4.01. The van der Waals surface area contributed by atoms with Crippen molar-refractivity contribution in [1.29, 1.82) is 0 Å². The van der Waals surface area contributed by atoms with Crippen molar-refractivity contribution >= 4 is 0 Å². The van der Waals surface area contributed by atoms with E-state index in [1.165, 1.54) is 0 Å². The summed E-state index contributed by atoms with van der Waals surface area (Å²) in [6, 6.07) is 0. The first-order valence-electron chi connectivity index (χ1n) is 4.48. The van der Waals surface area contributed by atoms with E-state index >= 15 is 0 Å². The molecule has 74 valence electrons. The molecule has 1 aliphatic carbocycles. The van der Waals surface area contributed by atoms with Gasteiger partial charge in [0.2, 0.25) is 0 Å². The van der Waals surface area contributed by atoms with Gasteiger partial charge in [0.1, 0.15) is 0 Å². The van der Waals surface area contributed by atoms with Crippen LogP contribution in [0.2, 0.25) is 0 Å². The predicted octanol–water partition coefficient (Wildman–Crippen LogP) is 2.51. The SMILES string of the molecule is CNCC1=CCCC=C1C(C)(F)F. The van der Waals surface area contributed by atoms with Crippen LogP contribution in [0.3, 0.4) is 0 Å². The molecule has 0 saturated heterocycles. The van der Waals surface area contributed by atoms with Gasteiger partial charge in [-0.05, 0) is 25.5 Å². The van der Waals surface area contributed by atoms with Gasteiger partial charge in [-0.2, -0.15) is 0 Å². The maximum atomic E-state index is 13.0. The summed E-state index contributed by atoms with van der Waals surface area (Å²) < 4.78 is 26.1. The van der Waals surface area contributed by atoms with Crippen LogP contribution in [0.1, 0.15) is 19.8 Å². The first-order valence-corrected chi connectivity index (χ1v) is 4.48. The summed E-state index contributed by atoms with van der Waals surface area (Å²) in [5, 5.41) is 2.90. The maximum Gasteiger partial charge on any atom is 0.270 e. The van der Waals surface area contributed by atoms with E-state index < -0.39 is 5.92 Å². The van der Waals surface area contributed by atoms with Crippen molar-refractivity contribution in [3.63, 3.8) is 0 Å². The third-order valence-electron chi connectivity index (χ3n) is 2.09. The van der Waals surface area contributed by atoms with Crippen LogP contribution in [-0.2, 0) is 0 Å². The van der Waals surface area contributed by atoms with E-state index in [9.17, 15) is 8.78 Å². The van der Waals surface area contributed by atoms with Gasteiger partial charge in [0.25, 0.3) is 5.92 Å². The van der Waals surface area contributed by atoms with Crippen molar-refractivity contribution in [2.45, 2.75) is 25.7 Å². The number of allylic oxidation sites excluding steroid dienone is 2. The summed E-state index contributed by atoms with van der Waals surface area (Å²) in [7, 11) is 1.76. The molecule has 0 bridgehead atoms. The smallest absolute Gasteiger partial charge is 0.270 e. The molecule has 0 aromatic rings. The molecule has 0 aliphatic heterocycles. The van der Waals surface area contributed by atoms with E-state index in [0.29, 0.717) is 6.54 Å². The summed E-state index contributed by atoms with van der Waals surface area (Å²) >= 11 is 0. The Morgan fingerprint density at radius 3 is 2.54 bits per heavy atom. The van der Waals surface area contributed by atoms with Gasteiger partial charge in [-0.15, -0.1) is 0 Å². The molecular formula is C10H15F2N. The highest BCUT2D eigenvalue weighted by molar-refractivity contribution is 5.39. The highest BCUT2D eigenvalue weighted by Crippen LogP contribution is 2.32. The molecule has 0 atom stereocenters. The lowest BCUT2D eigenvalue weighted by Gasteiger charge is -2.21. The average molecular weight is 187 g/mol. The molecule has 0 saturated carbocycles. The Hall–Kier alpha value is -0.700. The molecule has 13 heavy (non-hydrogen) atoms. The number of rotatable bonds is 3. The summed E-state index contributed by atoms with van der Waals surface area (Å²) in [5.41, 5.74) is 0.925. The van der Waals surface area contributed by atoms with E-state index in [4.69, 9.17) is 0 Å². The van der Waals surface area contributed by atoms with E-state index in [0.717, 1.165) is 25.3 Å². The zero-order valence-electron chi connectivity index (χ0n) is 8.03. The molecule has 1 aliphatic rings. The molecule has 0 spiro atoms. The maximum absolute atomic E-state index is 13.0. The first kappa shape index (κ1) is 10.4. The van der Waals surface area contributed by atoms with Crippen molar-refractivity contribution in [2.24, 2.45) is 0 Å². The van der Waals surface area contributed by atoms with Crippen molar-refractivity contribution in [3.05, 3.63) is 23.3 Å². The van der Waals surface area contributed by atoms with E-state index in [1.54, 1.807) is 13.1 Å². The van der Waals surface area contributed by atoms with Gasteiger partial charge >= 0.3 is 0 Å². The summed E-state index contributed by atoms with van der Waals surface area (Å²) in [6.07, 6.45) is 5.14. The van der Waals surface area contributed by atoms with Crippen LogP contribution in [-0.4, -0.2) is 19.5 Å². The first-order chi connectivity index (χ1) is 6.05. The van der Waals surface area contributed by atoms with Crippen molar-refractivity contribution in [1.82, 2.24) is 5.32 Å². The summed E-state index contributed by atoms with van der Waals surface area (Å²) in [5.74, 6) is -2.71. The van der Waals surface area contributed by atoms with E-state index in [1.807, 2.05) is 6.08 Å². The lowest BCUT2D eigenvalue weighted by Crippen LogP contribution is -2.22. The molecular weight excluding hydrogens is 172 g/mol. The fourth-order valence-corrected chi connectivity index (χ4v) is 1.55. The fraction of sp³-hybridized carbons (Fsp3) is 0.600. The standard InChI is InChI=1S/C10H15F2N/c1-10(11,12)9-6-4-3-5-8(9)7-13-2/h5-6,13H,3-4,7H2,1-2H3. The Morgan fingerprint density at radius 1 is 1.38 bits per heavy atom. The second-order valence-corrected chi connectivity index (χ2v) is 3.34. The number of halogens is 2. The summed E-state index contributed by atoms with van der Waals surface area (Å²) in [4.78, 5) is 0. The number of hydrogen-bond donors (Lipinski definition) is 1. The van der Waals surface area contributed by atoms with Crippen LogP contribution in [0.25, 0.3) is 0 Å². The van der Waals surface area contributed by atoms with Crippen LogP contribution in [0.5, 0.6) is 0 Å². The zero-order chi connectivity index (χ0) is 9.90. The molecule has 1 rings (SSSR count). The molecule has 0 unspecified atom stereocenters. The lowest BCUT2D eigenvalue weighted by molar-refractivity contribution is 0.0649. The minimum Gasteiger partial charge on any atom is -0.316 e. The molecule has 0 amide bonds. The van der Waals surface area contributed by atoms with Gasteiger partial charge in [-0.25, -0.2) is 8.78 Å². The third kappa shape index (κ3) is 2.62. The number of alkyl halides is 2. The van der Waals surface area contributed by atoms with Gasteiger partial charge in [-0.1, -0.05) is 12.2 Å². The van der Waals surface area contributed by atoms with Gasteiger partial charge in [0, 0.05) is 19.0 Å². The Morgan fingerprint density at radius 2 is 2.00 bits per heavy atom. The molecule has 3 heteroatoms. The third-order valence-corrected chi connectivity index (χ3v) is 2.09. The van der Waals surface area contributed by atoms with Crippen molar-refractivity contribution in [3.8, 4) is 0 Å². The highest BCUT2D eigenvalue weighted by atomic mass is 19.3. The normalized spacial score (nSPS) is 18.2. The molecule has 0 radical (unpaired) electrons. The van der Waals surface area contributed by atoms with Gasteiger partial charge in [0.15, 0.2) is 0 Å². The zero-order valence-corrected chi connectivity index (χ0v) is 8.03. The second-order valence-electron chi connectivity index (χ2n) is 3.34.